The van der Waals surface area contributed by atoms with E-state index in [0.29, 0.717) is 38.3 Å². The molecule has 0 saturated heterocycles. The van der Waals surface area contributed by atoms with Crippen LogP contribution in [0.1, 0.15) is 51.4 Å². The van der Waals surface area contributed by atoms with Crippen molar-refractivity contribution in [2.75, 3.05) is 13.7 Å². The van der Waals surface area contributed by atoms with Crippen LogP contribution in [0.4, 0.5) is 0 Å². The van der Waals surface area contributed by atoms with Crippen LogP contribution in [0.5, 0.6) is 11.5 Å². The Hall–Kier alpha value is -2.72. The van der Waals surface area contributed by atoms with Gasteiger partial charge in [0.2, 0.25) is 0 Å². The van der Waals surface area contributed by atoms with E-state index in [9.17, 15) is 9.59 Å². The fourth-order valence-electron chi connectivity index (χ4n) is 3.32. The molecule has 0 radical (unpaired) electrons. The third kappa shape index (κ3) is 6.10. The van der Waals surface area contributed by atoms with Gasteiger partial charge in [0.1, 0.15) is 5.82 Å². The van der Waals surface area contributed by atoms with Gasteiger partial charge < -0.3 is 14.2 Å². The van der Waals surface area contributed by atoms with Gasteiger partial charge in [-0.05, 0) is 72.1 Å². The van der Waals surface area contributed by atoms with Crippen molar-refractivity contribution in [2.24, 2.45) is 5.10 Å². The van der Waals surface area contributed by atoms with E-state index < -0.39 is 12.1 Å². The summed E-state index contributed by atoms with van der Waals surface area (Å²) < 4.78 is 19.0. The Morgan fingerprint density at radius 3 is 2.60 bits per heavy atom. The summed E-state index contributed by atoms with van der Waals surface area (Å²) >= 11 is 6.90. The number of benzene rings is 2. The summed E-state index contributed by atoms with van der Waals surface area (Å²) in [4.78, 5) is 30.0. The second kappa shape index (κ2) is 11.8. The fourth-order valence-corrected chi connectivity index (χ4v) is 4.23. The van der Waals surface area contributed by atoms with E-state index in [1.165, 1.54) is 11.8 Å². The highest BCUT2D eigenvalue weighted by molar-refractivity contribution is 9.10. The number of carbonyl (C=O) groups excluding carboxylic acids is 1. The molecule has 8 nitrogen and oxygen atoms in total. The van der Waals surface area contributed by atoms with Gasteiger partial charge in [-0.2, -0.15) is 9.78 Å². The first-order valence-corrected chi connectivity index (χ1v) is 12.8. The van der Waals surface area contributed by atoms with Crippen molar-refractivity contribution in [3.05, 3.63) is 61.0 Å². The minimum absolute atomic E-state index is 0.0225. The SMILES string of the molecule is CCOC(=O)[C@H](C)Oc1c(Br)cc(C=Nn2c([C@@H](C)CC)nc3ccc(Br)cc3c2=O)cc1OC. The summed E-state index contributed by atoms with van der Waals surface area (Å²) in [7, 11) is 1.50. The van der Waals surface area contributed by atoms with Crippen LogP contribution in [0, 0.1) is 0 Å². The molecule has 0 fully saturated rings. The second-order valence-electron chi connectivity index (χ2n) is 7.85. The maximum Gasteiger partial charge on any atom is 0.347 e. The summed E-state index contributed by atoms with van der Waals surface area (Å²) in [5, 5.41) is 4.97. The molecule has 0 aliphatic carbocycles. The molecule has 0 unspecified atom stereocenters. The highest BCUT2D eigenvalue weighted by Crippen LogP contribution is 2.37. The lowest BCUT2D eigenvalue weighted by molar-refractivity contribution is -0.150. The zero-order chi connectivity index (χ0) is 25.7. The van der Waals surface area contributed by atoms with Gasteiger partial charge >= 0.3 is 5.97 Å². The molecule has 3 aromatic rings. The largest absolute Gasteiger partial charge is 0.493 e. The fraction of sp³-hybridized carbons (Fsp3) is 0.360. The predicted molar refractivity (Wildman–Crippen MR) is 143 cm³/mol. The molecule has 35 heavy (non-hydrogen) atoms. The van der Waals surface area contributed by atoms with Crippen molar-refractivity contribution >= 4 is 54.9 Å². The Kier molecular flexibility index (Phi) is 9.07. The molecule has 0 saturated carbocycles. The van der Waals surface area contributed by atoms with Gasteiger partial charge in [-0.15, -0.1) is 0 Å². The first-order valence-electron chi connectivity index (χ1n) is 11.2. The molecule has 186 valence electrons. The Morgan fingerprint density at radius 2 is 1.94 bits per heavy atom. The van der Waals surface area contributed by atoms with Gasteiger partial charge in [-0.3, -0.25) is 4.79 Å². The number of halogens is 2. The number of aromatic nitrogens is 2. The average molecular weight is 609 g/mol. The third-order valence-electron chi connectivity index (χ3n) is 5.37. The van der Waals surface area contributed by atoms with Crippen LogP contribution in [-0.2, 0) is 9.53 Å². The van der Waals surface area contributed by atoms with Gasteiger partial charge in [0.15, 0.2) is 17.6 Å². The van der Waals surface area contributed by atoms with Gasteiger partial charge in [-0.1, -0.05) is 29.8 Å². The number of esters is 1. The normalized spacial score (nSPS) is 13.1. The third-order valence-corrected chi connectivity index (χ3v) is 6.46. The molecule has 0 spiro atoms. The number of ether oxygens (including phenoxy) is 3. The number of methoxy groups -OCH3 is 1. The number of nitrogens with zero attached hydrogens (tertiary/aromatic N) is 3. The van der Waals surface area contributed by atoms with E-state index in [1.54, 1.807) is 38.3 Å². The van der Waals surface area contributed by atoms with E-state index in [4.69, 9.17) is 19.2 Å². The maximum absolute atomic E-state index is 13.3. The van der Waals surface area contributed by atoms with Crippen LogP contribution in [0.3, 0.4) is 0 Å². The zero-order valence-electron chi connectivity index (χ0n) is 20.2. The smallest absolute Gasteiger partial charge is 0.347 e. The Balaban J connectivity index is 2.04. The number of hydrogen-bond donors (Lipinski definition) is 0. The summed E-state index contributed by atoms with van der Waals surface area (Å²) in [5.74, 6) is 0.888. The summed E-state index contributed by atoms with van der Waals surface area (Å²) in [6.45, 7) is 7.65. The Labute approximate surface area is 220 Å². The molecule has 0 bridgehead atoms. The molecule has 0 aliphatic heterocycles. The average Bonchev–Trinajstić information content (AvgIpc) is 2.84. The van der Waals surface area contributed by atoms with Crippen molar-refractivity contribution in [1.82, 2.24) is 9.66 Å². The van der Waals surface area contributed by atoms with E-state index in [1.807, 2.05) is 26.0 Å². The minimum Gasteiger partial charge on any atom is -0.493 e. The molecule has 1 aromatic heterocycles. The van der Waals surface area contributed by atoms with Crippen LogP contribution in [0.25, 0.3) is 10.9 Å². The van der Waals surface area contributed by atoms with Crippen molar-refractivity contribution < 1.29 is 19.0 Å². The lowest BCUT2D eigenvalue weighted by atomic mass is 10.1. The standard InChI is InChI=1S/C25H27Br2N3O5/c1-6-14(3)23-29-20-9-8-17(26)12-18(20)24(31)30(23)28-13-16-10-19(27)22(21(11-16)33-5)35-15(4)25(32)34-7-2/h8-15H,6-7H2,1-5H3/t14-,15-/m0/s1. The lowest BCUT2D eigenvalue weighted by Gasteiger charge is -2.17. The summed E-state index contributed by atoms with van der Waals surface area (Å²) in [6, 6.07) is 8.89. The molecule has 0 amide bonds. The van der Waals surface area contributed by atoms with E-state index in [0.717, 1.165) is 10.9 Å². The topological polar surface area (TPSA) is 92.0 Å². The summed E-state index contributed by atoms with van der Waals surface area (Å²) in [6.07, 6.45) is 1.54. The maximum atomic E-state index is 13.3. The highest BCUT2D eigenvalue weighted by atomic mass is 79.9. The van der Waals surface area contributed by atoms with E-state index >= 15 is 0 Å². The Morgan fingerprint density at radius 1 is 1.20 bits per heavy atom. The number of hydrogen-bond acceptors (Lipinski definition) is 7. The summed E-state index contributed by atoms with van der Waals surface area (Å²) in [5.41, 5.74) is 1.03. The molecule has 2 atom stereocenters. The minimum atomic E-state index is -0.820. The molecule has 2 aromatic carbocycles. The molecular weight excluding hydrogens is 582 g/mol. The van der Waals surface area contributed by atoms with E-state index in [2.05, 4.69) is 37.0 Å². The monoisotopic (exact) mass is 607 g/mol. The molecular formula is C25H27Br2N3O5. The van der Waals surface area contributed by atoms with Crippen LogP contribution in [0.15, 0.2) is 49.2 Å². The van der Waals surface area contributed by atoms with Gasteiger partial charge in [0.25, 0.3) is 5.56 Å². The first kappa shape index (κ1) is 26.9. The van der Waals surface area contributed by atoms with Crippen molar-refractivity contribution in [2.45, 2.75) is 46.1 Å². The second-order valence-corrected chi connectivity index (χ2v) is 9.62. The van der Waals surface area contributed by atoms with Crippen molar-refractivity contribution in [3.8, 4) is 11.5 Å². The number of fused-ring (bicyclic) bond motifs is 1. The zero-order valence-corrected chi connectivity index (χ0v) is 23.3. The van der Waals surface area contributed by atoms with Crippen LogP contribution < -0.4 is 15.0 Å². The predicted octanol–water partition coefficient (Wildman–Crippen LogP) is 5.66. The van der Waals surface area contributed by atoms with Crippen LogP contribution in [-0.4, -0.2) is 41.7 Å². The molecule has 3 rings (SSSR count). The van der Waals surface area contributed by atoms with Crippen molar-refractivity contribution in [1.29, 1.82) is 0 Å². The number of rotatable bonds is 9. The number of carbonyl (C=O) groups is 1. The molecule has 0 N–H and O–H groups in total. The van der Waals surface area contributed by atoms with Gasteiger partial charge in [0, 0.05) is 10.4 Å². The van der Waals surface area contributed by atoms with Crippen LogP contribution in [0.2, 0.25) is 0 Å². The Bertz CT molecular complexity index is 1320. The van der Waals surface area contributed by atoms with E-state index in [-0.39, 0.29) is 18.1 Å². The molecule has 10 heteroatoms. The molecule has 0 aliphatic rings. The lowest BCUT2D eigenvalue weighted by Crippen LogP contribution is -2.26. The quantitative estimate of drug-likeness (QED) is 0.230. The van der Waals surface area contributed by atoms with Gasteiger partial charge in [-0.25, -0.2) is 9.78 Å². The highest BCUT2D eigenvalue weighted by Gasteiger charge is 2.21. The van der Waals surface area contributed by atoms with Gasteiger partial charge in [0.05, 0.1) is 35.3 Å². The van der Waals surface area contributed by atoms with Crippen LogP contribution >= 0.6 is 31.9 Å². The van der Waals surface area contributed by atoms with Crippen molar-refractivity contribution in [3.63, 3.8) is 0 Å². The molecule has 1 heterocycles. The first-order chi connectivity index (χ1) is 16.7.